The average molecular weight is 265 g/mol. The van der Waals surface area contributed by atoms with Crippen LogP contribution >= 0.6 is 23.4 Å². The minimum absolute atomic E-state index is 0.174. The highest BCUT2D eigenvalue weighted by Crippen LogP contribution is 2.24. The molecule has 0 spiro atoms. The van der Waals surface area contributed by atoms with Crippen molar-refractivity contribution < 1.29 is 9.59 Å². The third-order valence-electron chi connectivity index (χ3n) is 2.34. The quantitative estimate of drug-likeness (QED) is 0.761. The van der Waals surface area contributed by atoms with E-state index in [-0.39, 0.29) is 18.2 Å². The fourth-order valence-electron chi connectivity index (χ4n) is 1.49. The van der Waals surface area contributed by atoms with E-state index in [0.717, 1.165) is 6.42 Å². The van der Waals surface area contributed by atoms with Gasteiger partial charge in [0.05, 0.1) is 0 Å². The second-order valence-electron chi connectivity index (χ2n) is 3.69. The number of nitrogens with one attached hydrogen (secondary N) is 2. The van der Waals surface area contributed by atoms with Gasteiger partial charge in [-0.25, -0.2) is 4.79 Å². The van der Waals surface area contributed by atoms with Crippen LogP contribution in [0.1, 0.15) is 25.7 Å². The van der Waals surface area contributed by atoms with Crippen LogP contribution in [0.25, 0.3) is 0 Å². The summed E-state index contributed by atoms with van der Waals surface area (Å²) in [6, 6.07) is -0.415. The first-order chi connectivity index (χ1) is 7.72. The molecule has 0 aromatic heterocycles. The molecule has 4 nitrogen and oxygen atoms in total. The van der Waals surface area contributed by atoms with Crippen LogP contribution in [0.2, 0.25) is 0 Å². The van der Waals surface area contributed by atoms with Crippen LogP contribution < -0.4 is 10.6 Å². The molecule has 1 rings (SSSR count). The molecule has 1 aliphatic rings. The Kier molecular flexibility index (Phi) is 6.64. The molecule has 16 heavy (non-hydrogen) atoms. The molecule has 2 N–H and O–H groups in total. The molecule has 92 valence electrons. The van der Waals surface area contributed by atoms with Crippen molar-refractivity contribution in [2.45, 2.75) is 30.9 Å². The molecule has 1 heterocycles. The Hall–Kier alpha value is -0.420. The van der Waals surface area contributed by atoms with E-state index in [4.69, 9.17) is 11.6 Å². The number of rotatable bonds is 4. The molecule has 1 saturated heterocycles. The van der Waals surface area contributed by atoms with Crippen LogP contribution in [0.4, 0.5) is 4.79 Å². The normalized spacial score (nSPS) is 20.2. The van der Waals surface area contributed by atoms with E-state index >= 15 is 0 Å². The molecule has 1 unspecified atom stereocenters. The van der Waals surface area contributed by atoms with Crippen molar-refractivity contribution in [3.63, 3.8) is 0 Å². The van der Waals surface area contributed by atoms with E-state index in [1.54, 1.807) is 0 Å². The third-order valence-corrected chi connectivity index (χ3v) is 3.93. The lowest BCUT2D eigenvalue weighted by Crippen LogP contribution is -2.42. The van der Waals surface area contributed by atoms with Crippen LogP contribution in [0, 0.1) is 0 Å². The number of urea groups is 1. The SMILES string of the molecule is O=C(CCCl)NC(=O)NCC1CCCCS1. The highest BCUT2D eigenvalue weighted by atomic mass is 35.5. The lowest BCUT2D eigenvalue weighted by Gasteiger charge is -2.21. The maximum atomic E-state index is 11.3. The van der Waals surface area contributed by atoms with Crippen molar-refractivity contribution in [2.75, 3.05) is 18.2 Å². The minimum atomic E-state index is -0.415. The Balaban J connectivity index is 2.11. The van der Waals surface area contributed by atoms with Gasteiger partial charge in [0.15, 0.2) is 0 Å². The largest absolute Gasteiger partial charge is 0.337 e. The van der Waals surface area contributed by atoms with Gasteiger partial charge in [-0.1, -0.05) is 6.42 Å². The molecule has 0 bridgehead atoms. The molecule has 1 fully saturated rings. The van der Waals surface area contributed by atoms with Gasteiger partial charge >= 0.3 is 6.03 Å². The third kappa shape index (κ3) is 5.61. The monoisotopic (exact) mass is 264 g/mol. The zero-order valence-corrected chi connectivity index (χ0v) is 10.7. The molecule has 0 aliphatic carbocycles. The summed E-state index contributed by atoms with van der Waals surface area (Å²) in [4.78, 5) is 22.3. The number of thioether (sulfide) groups is 1. The van der Waals surface area contributed by atoms with E-state index in [0.29, 0.717) is 11.8 Å². The zero-order chi connectivity index (χ0) is 11.8. The molecular weight excluding hydrogens is 248 g/mol. The van der Waals surface area contributed by atoms with Gasteiger partial charge in [0.25, 0.3) is 0 Å². The van der Waals surface area contributed by atoms with Crippen molar-refractivity contribution in [1.29, 1.82) is 0 Å². The second-order valence-corrected chi connectivity index (χ2v) is 5.47. The number of halogens is 1. The first-order valence-corrected chi connectivity index (χ1v) is 7.06. The number of imide groups is 1. The Bertz CT molecular complexity index is 245. The highest BCUT2D eigenvalue weighted by Gasteiger charge is 2.15. The number of hydrogen-bond acceptors (Lipinski definition) is 3. The summed E-state index contributed by atoms with van der Waals surface area (Å²) in [5, 5.41) is 5.43. The van der Waals surface area contributed by atoms with Crippen LogP contribution in [0.15, 0.2) is 0 Å². The number of carbonyl (C=O) groups excluding carboxylic acids is 2. The van der Waals surface area contributed by atoms with E-state index < -0.39 is 6.03 Å². The predicted molar refractivity (Wildman–Crippen MR) is 67.0 cm³/mol. The van der Waals surface area contributed by atoms with Gasteiger partial charge in [0.2, 0.25) is 5.91 Å². The van der Waals surface area contributed by atoms with E-state index in [2.05, 4.69) is 10.6 Å². The summed E-state index contributed by atoms with van der Waals surface area (Å²) in [6.07, 6.45) is 3.81. The van der Waals surface area contributed by atoms with Gasteiger partial charge in [-0.2, -0.15) is 11.8 Å². The molecular formula is C10H17ClN2O2S. The van der Waals surface area contributed by atoms with Crippen LogP contribution in [0.3, 0.4) is 0 Å². The topological polar surface area (TPSA) is 58.2 Å². The van der Waals surface area contributed by atoms with E-state index in [9.17, 15) is 9.59 Å². The Labute approximate surface area is 105 Å². The van der Waals surface area contributed by atoms with Gasteiger partial charge in [0.1, 0.15) is 0 Å². The van der Waals surface area contributed by atoms with Crippen molar-refractivity contribution in [2.24, 2.45) is 0 Å². The standard InChI is InChI=1S/C10H17ClN2O2S/c11-5-4-9(14)13-10(15)12-7-8-3-1-2-6-16-8/h8H,1-7H2,(H2,12,13,14,15). The molecule has 1 atom stereocenters. The Morgan fingerprint density at radius 2 is 2.19 bits per heavy atom. The van der Waals surface area contributed by atoms with Gasteiger partial charge < -0.3 is 5.32 Å². The summed E-state index contributed by atoms with van der Waals surface area (Å²) in [5.74, 6) is 1.07. The Morgan fingerprint density at radius 3 is 2.81 bits per heavy atom. The number of carbonyl (C=O) groups is 2. The summed E-state index contributed by atoms with van der Waals surface area (Å²) in [5.41, 5.74) is 0. The van der Waals surface area contributed by atoms with Crippen LogP contribution in [-0.4, -0.2) is 35.4 Å². The minimum Gasteiger partial charge on any atom is -0.337 e. The van der Waals surface area contributed by atoms with Crippen LogP contribution in [0.5, 0.6) is 0 Å². The number of amides is 3. The molecule has 0 aromatic carbocycles. The second kappa shape index (κ2) is 7.79. The first-order valence-electron chi connectivity index (χ1n) is 5.47. The lowest BCUT2D eigenvalue weighted by molar-refractivity contribution is -0.119. The number of alkyl halides is 1. The van der Waals surface area contributed by atoms with Gasteiger partial charge in [-0.3, -0.25) is 10.1 Å². The maximum absolute atomic E-state index is 11.3. The van der Waals surface area contributed by atoms with Gasteiger partial charge in [-0.05, 0) is 18.6 Å². The smallest absolute Gasteiger partial charge is 0.321 e. The predicted octanol–water partition coefficient (Wildman–Crippen LogP) is 1.73. The van der Waals surface area contributed by atoms with Gasteiger partial charge in [-0.15, -0.1) is 11.6 Å². The zero-order valence-electron chi connectivity index (χ0n) is 9.13. The van der Waals surface area contributed by atoms with Crippen LogP contribution in [-0.2, 0) is 4.79 Å². The molecule has 6 heteroatoms. The molecule has 3 amide bonds. The molecule has 0 radical (unpaired) electrons. The average Bonchev–Trinajstić information content (AvgIpc) is 2.28. The maximum Gasteiger partial charge on any atom is 0.321 e. The summed E-state index contributed by atoms with van der Waals surface area (Å²) in [7, 11) is 0. The van der Waals surface area contributed by atoms with E-state index in [1.165, 1.54) is 18.6 Å². The Morgan fingerprint density at radius 1 is 1.38 bits per heavy atom. The summed E-state index contributed by atoms with van der Waals surface area (Å²) >= 11 is 7.27. The fourth-order valence-corrected chi connectivity index (χ4v) is 2.90. The van der Waals surface area contributed by atoms with Gasteiger partial charge in [0, 0.05) is 24.1 Å². The summed E-state index contributed by atoms with van der Waals surface area (Å²) < 4.78 is 0. The number of hydrogen-bond donors (Lipinski definition) is 2. The molecule has 1 aliphatic heterocycles. The van der Waals surface area contributed by atoms with Crippen molar-refractivity contribution >= 4 is 35.3 Å². The summed E-state index contributed by atoms with van der Waals surface area (Å²) in [6.45, 7) is 0.630. The lowest BCUT2D eigenvalue weighted by atomic mass is 10.2. The van der Waals surface area contributed by atoms with Crippen molar-refractivity contribution in [3.05, 3.63) is 0 Å². The van der Waals surface area contributed by atoms with Crippen molar-refractivity contribution in [3.8, 4) is 0 Å². The molecule has 0 saturated carbocycles. The van der Waals surface area contributed by atoms with Crippen molar-refractivity contribution in [1.82, 2.24) is 10.6 Å². The van der Waals surface area contributed by atoms with E-state index in [1.807, 2.05) is 11.8 Å². The molecule has 0 aromatic rings. The highest BCUT2D eigenvalue weighted by molar-refractivity contribution is 7.99. The fraction of sp³-hybridized carbons (Fsp3) is 0.800. The first kappa shape index (κ1) is 13.6.